The number of rotatable bonds is 4. The monoisotopic (exact) mass is 455 g/mol. The smallest absolute Gasteiger partial charge is 0.333 e. The number of aromatic nitrogens is 1. The van der Waals surface area contributed by atoms with Crippen LogP contribution in [0.1, 0.15) is 17.0 Å². The van der Waals surface area contributed by atoms with Crippen molar-refractivity contribution in [1.82, 2.24) is 9.88 Å². The Morgan fingerprint density at radius 3 is 2.32 bits per heavy atom. The van der Waals surface area contributed by atoms with E-state index in [1.165, 1.54) is 0 Å². The molecule has 2 heterocycles. The summed E-state index contributed by atoms with van der Waals surface area (Å²) in [5.41, 5.74) is 4.02. The number of methoxy groups -OCH3 is 1. The number of carbonyl (C=O) groups excluding carboxylic acids is 2. The van der Waals surface area contributed by atoms with Crippen LogP contribution in [0.3, 0.4) is 0 Å². The third kappa shape index (κ3) is 3.80. The predicted octanol–water partition coefficient (Wildman–Crippen LogP) is 5.51. The van der Waals surface area contributed by atoms with Crippen molar-refractivity contribution in [2.45, 2.75) is 13.8 Å². The lowest BCUT2D eigenvalue weighted by Gasteiger charge is -2.14. The maximum atomic E-state index is 12.9. The SMILES string of the molecule is COc1ccc(Cl)cc1-n1c(C)cc(/C=C2/NC(=O)N(c3ccc(Cl)cc3)C2=O)c1C. The molecule has 0 atom stereocenters. The average molecular weight is 456 g/mol. The largest absolute Gasteiger partial charge is 0.495 e. The summed E-state index contributed by atoms with van der Waals surface area (Å²) >= 11 is 12.1. The molecule has 0 spiro atoms. The molecule has 3 aromatic rings. The van der Waals surface area contributed by atoms with Crippen LogP contribution in [0.5, 0.6) is 5.75 Å². The zero-order valence-electron chi connectivity index (χ0n) is 17.1. The molecule has 0 unspecified atom stereocenters. The molecule has 2 aromatic carbocycles. The number of hydrogen-bond donors (Lipinski definition) is 1. The number of urea groups is 1. The first-order valence-corrected chi connectivity index (χ1v) is 10.2. The molecule has 0 saturated carbocycles. The Kier molecular flexibility index (Phi) is 5.52. The van der Waals surface area contributed by atoms with E-state index in [1.807, 2.05) is 30.5 Å². The molecule has 4 rings (SSSR count). The van der Waals surface area contributed by atoms with Crippen LogP contribution in [0.4, 0.5) is 10.5 Å². The van der Waals surface area contributed by atoms with Crippen LogP contribution in [0.15, 0.2) is 54.2 Å². The van der Waals surface area contributed by atoms with Crippen LogP contribution in [0.25, 0.3) is 11.8 Å². The summed E-state index contributed by atoms with van der Waals surface area (Å²) < 4.78 is 7.48. The van der Waals surface area contributed by atoms with Gasteiger partial charge in [0.1, 0.15) is 11.4 Å². The van der Waals surface area contributed by atoms with Crippen molar-refractivity contribution in [2.75, 3.05) is 12.0 Å². The minimum atomic E-state index is -0.510. The van der Waals surface area contributed by atoms with Gasteiger partial charge in [0.15, 0.2) is 0 Å². The second-order valence-electron chi connectivity index (χ2n) is 7.08. The Hall–Kier alpha value is -3.22. The molecular formula is C23H19Cl2N3O3. The van der Waals surface area contributed by atoms with Gasteiger partial charge in [0.05, 0.1) is 18.5 Å². The number of carbonyl (C=O) groups is 2. The summed E-state index contributed by atoms with van der Waals surface area (Å²) in [7, 11) is 1.60. The Labute approximate surface area is 189 Å². The molecule has 1 N–H and O–H groups in total. The lowest BCUT2D eigenvalue weighted by Crippen LogP contribution is -2.30. The fraction of sp³-hybridized carbons (Fsp3) is 0.130. The Morgan fingerprint density at radius 1 is 0.968 bits per heavy atom. The highest BCUT2D eigenvalue weighted by Crippen LogP contribution is 2.32. The normalized spacial score (nSPS) is 15.0. The molecule has 0 aliphatic carbocycles. The summed E-state index contributed by atoms with van der Waals surface area (Å²) in [6, 6.07) is 13.3. The van der Waals surface area contributed by atoms with E-state index >= 15 is 0 Å². The van der Waals surface area contributed by atoms with E-state index in [4.69, 9.17) is 27.9 Å². The molecule has 1 fully saturated rings. The number of benzene rings is 2. The molecule has 6 nitrogen and oxygen atoms in total. The molecule has 1 aromatic heterocycles. The van der Waals surface area contributed by atoms with Crippen LogP contribution in [0, 0.1) is 13.8 Å². The molecule has 1 aliphatic rings. The molecular weight excluding hydrogens is 437 g/mol. The Morgan fingerprint density at radius 2 is 1.65 bits per heavy atom. The Balaban J connectivity index is 1.73. The second kappa shape index (κ2) is 8.13. The predicted molar refractivity (Wildman–Crippen MR) is 122 cm³/mol. The number of anilines is 1. The van der Waals surface area contributed by atoms with E-state index in [0.717, 1.165) is 27.5 Å². The number of ether oxygens (including phenoxy) is 1. The van der Waals surface area contributed by atoms with E-state index in [9.17, 15) is 9.59 Å². The molecule has 1 saturated heterocycles. The highest BCUT2D eigenvalue weighted by atomic mass is 35.5. The molecule has 158 valence electrons. The fourth-order valence-corrected chi connectivity index (χ4v) is 3.95. The molecule has 0 bridgehead atoms. The van der Waals surface area contributed by atoms with Gasteiger partial charge in [0, 0.05) is 21.4 Å². The van der Waals surface area contributed by atoms with Crippen LogP contribution >= 0.6 is 23.2 Å². The van der Waals surface area contributed by atoms with E-state index in [0.29, 0.717) is 21.5 Å². The van der Waals surface area contributed by atoms with Crippen LogP contribution in [-0.4, -0.2) is 23.6 Å². The quantitative estimate of drug-likeness (QED) is 0.416. The number of halogens is 2. The maximum Gasteiger partial charge on any atom is 0.333 e. The van der Waals surface area contributed by atoms with Crippen molar-refractivity contribution in [3.63, 3.8) is 0 Å². The lowest BCUT2D eigenvalue weighted by molar-refractivity contribution is -0.113. The molecule has 8 heteroatoms. The molecule has 0 radical (unpaired) electrons. The van der Waals surface area contributed by atoms with Gasteiger partial charge < -0.3 is 14.6 Å². The number of nitrogens with one attached hydrogen (secondary N) is 1. The van der Waals surface area contributed by atoms with Gasteiger partial charge in [-0.2, -0.15) is 0 Å². The summed E-state index contributed by atoms with van der Waals surface area (Å²) in [4.78, 5) is 26.5. The third-order valence-electron chi connectivity index (χ3n) is 5.11. The van der Waals surface area contributed by atoms with Gasteiger partial charge in [-0.05, 0) is 74.0 Å². The average Bonchev–Trinajstić information content (AvgIpc) is 3.17. The summed E-state index contributed by atoms with van der Waals surface area (Å²) in [5, 5.41) is 3.76. The summed E-state index contributed by atoms with van der Waals surface area (Å²) in [5.74, 6) is 0.238. The number of imide groups is 1. The van der Waals surface area contributed by atoms with E-state index in [1.54, 1.807) is 49.6 Å². The first kappa shape index (κ1) is 21.0. The highest BCUT2D eigenvalue weighted by Gasteiger charge is 2.35. The van der Waals surface area contributed by atoms with Crippen molar-refractivity contribution in [2.24, 2.45) is 0 Å². The zero-order chi connectivity index (χ0) is 22.3. The maximum absolute atomic E-state index is 12.9. The minimum absolute atomic E-state index is 0.193. The van der Waals surface area contributed by atoms with E-state index in [2.05, 4.69) is 5.32 Å². The number of amides is 3. The number of nitrogens with zero attached hydrogens (tertiary/aromatic N) is 2. The van der Waals surface area contributed by atoms with Crippen molar-refractivity contribution >= 4 is 46.9 Å². The second-order valence-corrected chi connectivity index (χ2v) is 7.96. The van der Waals surface area contributed by atoms with Crippen LogP contribution < -0.4 is 15.0 Å². The summed E-state index contributed by atoms with van der Waals surface area (Å²) in [6.07, 6.45) is 1.67. The van der Waals surface area contributed by atoms with Crippen molar-refractivity contribution in [3.8, 4) is 11.4 Å². The van der Waals surface area contributed by atoms with Gasteiger partial charge in [-0.15, -0.1) is 0 Å². The first-order valence-electron chi connectivity index (χ1n) is 9.45. The number of hydrogen-bond acceptors (Lipinski definition) is 3. The van der Waals surface area contributed by atoms with Gasteiger partial charge in [-0.3, -0.25) is 4.79 Å². The molecule has 1 aliphatic heterocycles. The van der Waals surface area contributed by atoms with Gasteiger partial charge in [-0.1, -0.05) is 23.2 Å². The van der Waals surface area contributed by atoms with Crippen LogP contribution in [-0.2, 0) is 4.79 Å². The van der Waals surface area contributed by atoms with Crippen molar-refractivity contribution < 1.29 is 14.3 Å². The zero-order valence-corrected chi connectivity index (χ0v) is 18.6. The fourth-order valence-electron chi connectivity index (χ4n) is 3.66. The van der Waals surface area contributed by atoms with E-state index < -0.39 is 11.9 Å². The third-order valence-corrected chi connectivity index (χ3v) is 5.60. The first-order chi connectivity index (χ1) is 14.8. The standard InChI is InChI=1S/C23H19Cl2N3O3/c1-13-10-15(14(2)27(13)20-12-17(25)6-9-21(20)31-3)11-19-22(29)28(23(30)26-19)18-7-4-16(24)5-8-18/h4-12H,1-3H3,(H,26,30)/b19-11+. The van der Waals surface area contributed by atoms with E-state index in [-0.39, 0.29) is 5.70 Å². The summed E-state index contributed by atoms with van der Waals surface area (Å²) in [6.45, 7) is 3.88. The van der Waals surface area contributed by atoms with Gasteiger partial charge in [0.25, 0.3) is 5.91 Å². The van der Waals surface area contributed by atoms with Gasteiger partial charge in [-0.25, -0.2) is 9.69 Å². The number of aryl methyl sites for hydroxylation is 1. The highest BCUT2D eigenvalue weighted by molar-refractivity contribution is 6.31. The molecule has 3 amide bonds. The van der Waals surface area contributed by atoms with Crippen molar-refractivity contribution in [3.05, 3.63) is 81.2 Å². The lowest BCUT2D eigenvalue weighted by atomic mass is 10.2. The molecule has 31 heavy (non-hydrogen) atoms. The topological polar surface area (TPSA) is 63.6 Å². The Bertz CT molecular complexity index is 1230. The van der Waals surface area contributed by atoms with Gasteiger partial charge >= 0.3 is 6.03 Å². The van der Waals surface area contributed by atoms with Gasteiger partial charge in [0.2, 0.25) is 0 Å². The van der Waals surface area contributed by atoms with Crippen molar-refractivity contribution in [1.29, 1.82) is 0 Å². The van der Waals surface area contributed by atoms with Crippen LogP contribution in [0.2, 0.25) is 10.0 Å². The minimum Gasteiger partial charge on any atom is -0.495 e.